The average Bonchev–Trinajstić information content (AvgIpc) is 2.53. The SMILES string of the molecule is C=N/C=C\C=C(/C)C1=CC(C)Oc2ccc(C(=O)OC)cc21. The predicted molar refractivity (Wildman–Crippen MR) is 88.3 cm³/mol. The third-order valence-electron chi connectivity index (χ3n) is 3.37. The molecule has 0 aliphatic carbocycles. The van der Waals surface area contributed by atoms with Gasteiger partial charge in [-0.15, -0.1) is 0 Å². The second kappa shape index (κ2) is 6.89. The van der Waals surface area contributed by atoms with Crippen LogP contribution < -0.4 is 4.74 Å². The zero-order chi connectivity index (χ0) is 16.1. The van der Waals surface area contributed by atoms with Crippen LogP contribution >= 0.6 is 0 Å². The van der Waals surface area contributed by atoms with E-state index in [1.54, 1.807) is 24.4 Å². The number of allylic oxidation sites excluding steroid dienone is 4. The maximum Gasteiger partial charge on any atom is 0.337 e. The quantitative estimate of drug-likeness (QED) is 0.482. The summed E-state index contributed by atoms with van der Waals surface area (Å²) in [5.41, 5.74) is 3.47. The summed E-state index contributed by atoms with van der Waals surface area (Å²) in [4.78, 5) is 15.4. The van der Waals surface area contributed by atoms with Crippen LogP contribution in [-0.4, -0.2) is 25.9 Å². The number of fused-ring (bicyclic) bond motifs is 1. The van der Waals surface area contributed by atoms with E-state index < -0.39 is 0 Å². The number of carbonyl (C=O) groups excluding carboxylic acids is 1. The van der Waals surface area contributed by atoms with Gasteiger partial charge in [-0.25, -0.2) is 4.79 Å². The van der Waals surface area contributed by atoms with E-state index in [4.69, 9.17) is 9.47 Å². The van der Waals surface area contributed by atoms with E-state index in [1.807, 2.05) is 32.1 Å². The Balaban J connectivity index is 2.48. The molecule has 2 rings (SSSR count). The highest BCUT2D eigenvalue weighted by molar-refractivity contribution is 5.93. The third-order valence-corrected chi connectivity index (χ3v) is 3.37. The van der Waals surface area contributed by atoms with Crippen molar-refractivity contribution in [1.82, 2.24) is 0 Å². The Kier molecular flexibility index (Phi) is 4.94. The van der Waals surface area contributed by atoms with Crippen molar-refractivity contribution in [3.8, 4) is 5.75 Å². The number of rotatable bonds is 4. The number of benzene rings is 1. The van der Waals surface area contributed by atoms with Crippen molar-refractivity contribution in [2.75, 3.05) is 7.11 Å². The van der Waals surface area contributed by atoms with Crippen LogP contribution in [-0.2, 0) is 4.74 Å². The van der Waals surface area contributed by atoms with Gasteiger partial charge < -0.3 is 9.47 Å². The fraction of sp³-hybridized carbons (Fsp3) is 0.222. The number of methoxy groups -OCH3 is 1. The minimum Gasteiger partial charge on any atom is -0.486 e. The Bertz CT molecular complexity index is 684. The molecule has 1 aliphatic rings. The van der Waals surface area contributed by atoms with Gasteiger partial charge in [0.15, 0.2) is 0 Å². The maximum atomic E-state index is 11.7. The molecule has 114 valence electrons. The van der Waals surface area contributed by atoms with Crippen LogP contribution in [0, 0.1) is 0 Å². The Labute approximate surface area is 130 Å². The lowest BCUT2D eigenvalue weighted by molar-refractivity contribution is 0.0600. The lowest BCUT2D eigenvalue weighted by Crippen LogP contribution is -2.16. The van der Waals surface area contributed by atoms with Crippen LogP contribution in [0.4, 0.5) is 0 Å². The maximum absolute atomic E-state index is 11.7. The van der Waals surface area contributed by atoms with Crippen LogP contribution in [0.1, 0.15) is 29.8 Å². The highest BCUT2D eigenvalue weighted by Gasteiger charge is 2.20. The first-order chi connectivity index (χ1) is 10.6. The highest BCUT2D eigenvalue weighted by Crippen LogP contribution is 2.36. The second-order valence-corrected chi connectivity index (χ2v) is 4.98. The highest BCUT2D eigenvalue weighted by atomic mass is 16.5. The van der Waals surface area contributed by atoms with E-state index >= 15 is 0 Å². The van der Waals surface area contributed by atoms with Gasteiger partial charge in [0.05, 0.1) is 12.7 Å². The molecule has 1 aromatic carbocycles. The molecule has 0 aromatic heterocycles. The first kappa shape index (κ1) is 15.8. The molecule has 1 atom stereocenters. The normalized spacial score (nSPS) is 17.5. The van der Waals surface area contributed by atoms with Crippen LogP contribution in [0.25, 0.3) is 5.57 Å². The van der Waals surface area contributed by atoms with Crippen LogP contribution in [0.3, 0.4) is 0 Å². The van der Waals surface area contributed by atoms with Crippen molar-refractivity contribution in [2.24, 2.45) is 4.99 Å². The van der Waals surface area contributed by atoms with Crippen LogP contribution in [0.2, 0.25) is 0 Å². The summed E-state index contributed by atoms with van der Waals surface area (Å²) in [6.07, 6.45) is 7.40. The van der Waals surface area contributed by atoms with Gasteiger partial charge in [-0.3, -0.25) is 4.99 Å². The van der Waals surface area contributed by atoms with Gasteiger partial charge in [-0.1, -0.05) is 6.08 Å². The topological polar surface area (TPSA) is 47.9 Å². The van der Waals surface area contributed by atoms with Crippen molar-refractivity contribution in [1.29, 1.82) is 0 Å². The van der Waals surface area contributed by atoms with Crippen LogP contribution in [0.15, 0.2) is 53.2 Å². The number of hydrogen-bond donors (Lipinski definition) is 0. The molecule has 0 saturated carbocycles. The van der Waals surface area contributed by atoms with E-state index in [1.165, 1.54) is 7.11 Å². The number of esters is 1. The Morgan fingerprint density at radius 1 is 1.45 bits per heavy atom. The summed E-state index contributed by atoms with van der Waals surface area (Å²) < 4.78 is 10.6. The monoisotopic (exact) mass is 297 g/mol. The van der Waals surface area contributed by atoms with Gasteiger partial charge in [0, 0.05) is 11.8 Å². The molecular formula is C18H19NO3. The van der Waals surface area contributed by atoms with Gasteiger partial charge in [0.25, 0.3) is 0 Å². The Hall–Kier alpha value is -2.62. The lowest BCUT2D eigenvalue weighted by Gasteiger charge is -2.24. The molecule has 0 spiro atoms. The molecular weight excluding hydrogens is 278 g/mol. The van der Waals surface area contributed by atoms with Gasteiger partial charge in [0.2, 0.25) is 0 Å². The summed E-state index contributed by atoms with van der Waals surface area (Å²) >= 11 is 0. The minimum absolute atomic E-state index is 0.0312. The number of aliphatic imine (C=N–C) groups is 1. The summed E-state index contributed by atoms with van der Waals surface area (Å²) in [7, 11) is 1.37. The summed E-state index contributed by atoms with van der Waals surface area (Å²) in [5, 5.41) is 0. The Morgan fingerprint density at radius 3 is 2.91 bits per heavy atom. The van der Waals surface area contributed by atoms with E-state index in [2.05, 4.69) is 11.7 Å². The predicted octanol–water partition coefficient (Wildman–Crippen LogP) is 3.80. The molecule has 1 aromatic rings. The summed E-state index contributed by atoms with van der Waals surface area (Å²) in [6.45, 7) is 7.39. The molecule has 0 saturated heterocycles. The smallest absolute Gasteiger partial charge is 0.337 e. The van der Waals surface area contributed by atoms with Crippen molar-refractivity contribution in [2.45, 2.75) is 20.0 Å². The average molecular weight is 297 g/mol. The van der Waals surface area contributed by atoms with Crippen LogP contribution in [0.5, 0.6) is 5.75 Å². The lowest BCUT2D eigenvalue weighted by atomic mass is 9.93. The molecule has 1 unspecified atom stereocenters. The standard InChI is InChI=1S/C18H19NO3/c1-12(6-5-9-19-3)15-10-13(2)22-17-8-7-14(11-16(15)17)18(20)21-4/h5-11,13H,3H2,1-2,4H3/b9-5-,12-6+. The fourth-order valence-electron chi connectivity index (χ4n) is 2.33. The van der Waals surface area contributed by atoms with E-state index in [0.29, 0.717) is 5.56 Å². The molecule has 22 heavy (non-hydrogen) atoms. The number of nitrogens with zero attached hydrogens (tertiary/aromatic N) is 1. The molecule has 4 heteroatoms. The number of ether oxygens (including phenoxy) is 2. The largest absolute Gasteiger partial charge is 0.486 e. The molecule has 0 amide bonds. The van der Waals surface area contributed by atoms with Gasteiger partial charge in [-0.05, 0) is 62.1 Å². The molecule has 4 nitrogen and oxygen atoms in total. The number of carbonyl (C=O) groups is 1. The number of hydrogen-bond acceptors (Lipinski definition) is 4. The zero-order valence-corrected chi connectivity index (χ0v) is 13.0. The first-order valence-electron chi connectivity index (χ1n) is 6.97. The van der Waals surface area contributed by atoms with Crippen molar-refractivity contribution < 1.29 is 14.3 Å². The summed E-state index contributed by atoms with van der Waals surface area (Å²) in [6, 6.07) is 5.31. The Morgan fingerprint density at radius 2 is 2.23 bits per heavy atom. The van der Waals surface area contributed by atoms with Gasteiger partial charge >= 0.3 is 5.97 Å². The third kappa shape index (κ3) is 3.34. The van der Waals surface area contributed by atoms with Gasteiger partial charge in [-0.2, -0.15) is 0 Å². The van der Waals surface area contributed by atoms with E-state index in [-0.39, 0.29) is 12.1 Å². The van der Waals surface area contributed by atoms with E-state index in [0.717, 1.165) is 22.5 Å². The van der Waals surface area contributed by atoms with Crippen molar-refractivity contribution in [3.63, 3.8) is 0 Å². The van der Waals surface area contributed by atoms with Crippen molar-refractivity contribution in [3.05, 3.63) is 59.3 Å². The molecule has 0 fully saturated rings. The molecule has 1 heterocycles. The zero-order valence-electron chi connectivity index (χ0n) is 13.0. The molecule has 0 N–H and O–H groups in total. The first-order valence-corrected chi connectivity index (χ1v) is 6.97. The van der Waals surface area contributed by atoms with Crippen molar-refractivity contribution >= 4 is 18.3 Å². The molecule has 0 radical (unpaired) electrons. The van der Waals surface area contributed by atoms with E-state index in [9.17, 15) is 4.79 Å². The minimum atomic E-state index is -0.363. The summed E-state index contributed by atoms with van der Waals surface area (Å²) in [5.74, 6) is 0.398. The van der Waals surface area contributed by atoms with Gasteiger partial charge in [0.1, 0.15) is 11.9 Å². The molecule has 1 aliphatic heterocycles. The second-order valence-electron chi connectivity index (χ2n) is 4.98. The fourth-order valence-corrected chi connectivity index (χ4v) is 2.33. The molecule has 0 bridgehead atoms.